The maximum Gasteiger partial charge on any atom is 0.311 e. The molecule has 2 aliphatic heterocycles. The van der Waals surface area contributed by atoms with Gasteiger partial charge in [0.1, 0.15) is 17.9 Å². The number of ether oxygens (including phenoxy) is 2. The third-order valence-electron chi connectivity index (χ3n) is 6.84. The lowest BCUT2D eigenvalue weighted by molar-refractivity contribution is -0.145. The fraction of sp³-hybridized carbons (Fsp3) is 0.522. The number of epoxide rings is 1. The van der Waals surface area contributed by atoms with E-state index in [4.69, 9.17) is 15.2 Å². The van der Waals surface area contributed by atoms with Crippen molar-refractivity contribution in [3.05, 3.63) is 42.1 Å². The van der Waals surface area contributed by atoms with Crippen LogP contribution in [0.1, 0.15) is 39.5 Å². The van der Waals surface area contributed by atoms with Crippen LogP contribution in [-0.2, 0) is 20.8 Å². The van der Waals surface area contributed by atoms with Crippen molar-refractivity contribution in [2.75, 3.05) is 5.73 Å². The molecule has 1 aliphatic carbocycles. The van der Waals surface area contributed by atoms with Crippen molar-refractivity contribution in [1.29, 1.82) is 0 Å². The highest BCUT2D eigenvalue weighted by Gasteiger charge is 2.62. The standard InChI is InChI=1S/C23H28N4O3/c1-14-5-4-10-23(2)21(30-23)20-17(9-8-14)18(22(28)29-20)12-27-13-19(25-26-27)15-6-3-7-16(24)11-15/h3,5-7,11,13,17-18,20-21H,4,8-10,12,24H2,1-2H3/b14-5+/t17-,18-,20-,21+,23+/m0/s1. The molecule has 0 amide bonds. The highest BCUT2D eigenvalue weighted by atomic mass is 16.6. The first-order chi connectivity index (χ1) is 14.4. The Labute approximate surface area is 176 Å². The van der Waals surface area contributed by atoms with E-state index >= 15 is 0 Å². The number of nitrogens with two attached hydrogens (primary N) is 1. The number of hydrogen-bond acceptors (Lipinski definition) is 6. The molecule has 158 valence electrons. The van der Waals surface area contributed by atoms with Crippen LogP contribution in [-0.4, -0.2) is 38.8 Å². The number of carbonyl (C=O) groups excluding carboxylic acids is 1. The molecule has 0 spiro atoms. The van der Waals surface area contributed by atoms with Crippen LogP contribution < -0.4 is 5.73 Å². The van der Waals surface area contributed by atoms with Crippen molar-refractivity contribution in [1.82, 2.24) is 15.0 Å². The monoisotopic (exact) mass is 408 g/mol. The van der Waals surface area contributed by atoms with E-state index < -0.39 is 0 Å². The lowest BCUT2D eigenvalue weighted by atomic mass is 9.80. The first kappa shape index (κ1) is 19.3. The fourth-order valence-corrected chi connectivity index (χ4v) is 4.97. The Morgan fingerprint density at radius 1 is 1.37 bits per heavy atom. The van der Waals surface area contributed by atoms with E-state index in [9.17, 15) is 4.79 Å². The number of benzene rings is 1. The molecule has 7 nitrogen and oxygen atoms in total. The van der Waals surface area contributed by atoms with Crippen molar-refractivity contribution in [2.45, 2.75) is 63.9 Å². The molecule has 5 rings (SSSR count). The Balaban J connectivity index is 1.37. The van der Waals surface area contributed by atoms with E-state index in [0.717, 1.165) is 36.9 Å². The molecule has 7 heteroatoms. The van der Waals surface area contributed by atoms with Crippen LogP contribution >= 0.6 is 0 Å². The minimum Gasteiger partial charge on any atom is -0.459 e. The van der Waals surface area contributed by atoms with Crippen LogP contribution in [0.3, 0.4) is 0 Å². The highest BCUT2D eigenvalue weighted by molar-refractivity contribution is 5.75. The van der Waals surface area contributed by atoms with Gasteiger partial charge in [0.15, 0.2) is 0 Å². The van der Waals surface area contributed by atoms with Crippen LogP contribution in [0.2, 0.25) is 0 Å². The number of allylic oxidation sites excluding steroid dienone is 2. The molecule has 3 heterocycles. The van der Waals surface area contributed by atoms with Crippen LogP contribution in [0.25, 0.3) is 11.3 Å². The molecule has 2 fully saturated rings. The van der Waals surface area contributed by atoms with Crippen LogP contribution in [0, 0.1) is 11.8 Å². The van der Waals surface area contributed by atoms with Crippen LogP contribution in [0.5, 0.6) is 0 Å². The second-order valence-electron chi connectivity index (χ2n) is 9.10. The maximum absolute atomic E-state index is 12.8. The van der Waals surface area contributed by atoms with Gasteiger partial charge in [-0.3, -0.25) is 9.48 Å². The number of hydrogen-bond donors (Lipinski definition) is 1. The topological polar surface area (TPSA) is 95.6 Å². The van der Waals surface area contributed by atoms with E-state index in [1.165, 1.54) is 5.57 Å². The molecule has 0 unspecified atom stereocenters. The van der Waals surface area contributed by atoms with Crippen LogP contribution in [0.4, 0.5) is 5.69 Å². The van der Waals surface area contributed by atoms with Gasteiger partial charge in [0.2, 0.25) is 0 Å². The van der Waals surface area contributed by atoms with Crippen molar-refractivity contribution in [3.8, 4) is 11.3 Å². The molecule has 0 radical (unpaired) electrons. The van der Waals surface area contributed by atoms with Crippen molar-refractivity contribution < 1.29 is 14.3 Å². The van der Waals surface area contributed by atoms with Gasteiger partial charge in [-0.05, 0) is 51.7 Å². The van der Waals surface area contributed by atoms with E-state index in [1.807, 2.05) is 30.5 Å². The molecule has 0 bridgehead atoms. The number of esters is 1. The lowest BCUT2D eigenvalue weighted by Crippen LogP contribution is -2.31. The highest BCUT2D eigenvalue weighted by Crippen LogP contribution is 2.50. The largest absolute Gasteiger partial charge is 0.459 e. The summed E-state index contributed by atoms with van der Waals surface area (Å²) in [5.74, 6) is -0.276. The first-order valence-corrected chi connectivity index (χ1v) is 10.7. The molecule has 3 aliphatic rings. The summed E-state index contributed by atoms with van der Waals surface area (Å²) in [5, 5.41) is 8.54. The third kappa shape index (κ3) is 3.51. The fourth-order valence-electron chi connectivity index (χ4n) is 4.97. The van der Waals surface area contributed by atoms with Crippen molar-refractivity contribution in [2.24, 2.45) is 11.8 Å². The molecule has 0 saturated carbocycles. The van der Waals surface area contributed by atoms with Gasteiger partial charge >= 0.3 is 5.97 Å². The number of nitrogen functional groups attached to an aromatic ring is 1. The summed E-state index contributed by atoms with van der Waals surface area (Å²) in [6.07, 6.45) is 7.88. The molecular weight excluding hydrogens is 380 g/mol. The summed E-state index contributed by atoms with van der Waals surface area (Å²) in [6.45, 7) is 4.77. The van der Waals surface area contributed by atoms with Gasteiger partial charge in [-0.25, -0.2) is 0 Å². The first-order valence-electron chi connectivity index (χ1n) is 10.7. The molecule has 5 atom stereocenters. The van der Waals surface area contributed by atoms with Crippen molar-refractivity contribution >= 4 is 11.7 Å². The van der Waals surface area contributed by atoms with Gasteiger partial charge < -0.3 is 15.2 Å². The summed E-state index contributed by atoms with van der Waals surface area (Å²) in [5.41, 5.74) is 9.42. The molecule has 2 saturated heterocycles. The molecule has 2 aromatic rings. The Hall–Kier alpha value is -2.67. The van der Waals surface area contributed by atoms with Crippen LogP contribution in [0.15, 0.2) is 42.1 Å². The van der Waals surface area contributed by atoms with Gasteiger partial charge in [-0.2, -0.15) is 0 Å². The molecule has 1 aromatic carbocycles. The maximum atomic E-state index is 12.8. The normalized spacial score (nSPS) is 35.0. The Bertz CT molecular complexity index is 1000. The minimum atomic E-state index is -0.244. The average Bonchev–Trinajstić information content (AvgIpc) is 3.04. The van der Waals surface area contributed by atoms with Gasteiger partial charge in [0.05, 0.1) is 24.3 Å². The summed E-state index contributed by atoms with van der Waals surface area (Å²) in [4.78, 5) is 12.8. The zero-order chi connectivity index (χ0) is 20.9. The SMILES string of the molecule is C/C1=C\CC[C@@]2(C)O[C@@H]2[C@H]2OC(=O)[C@@H](Cn3cc(-c4cccc(N)c4)nn3)[C@@H]2CC1. The lowest BCUT2D eigenvalue weighted by Gasteiger charge is -2.22. The number of anilines is 1. The van der Waals surface area contributed by atoms with E-state index in [0.29, 0.717) is 12.2 Å². The van der Waals surface area contributed by atoms with Gasteiger partial charge in [-0.15, -0.1) is 5.10 Å². The third-order valence-corrected chi connectivity index (χ3v) is 6.84. The van der Waals surface area contributed by atoms with Crippen molar-refractivity contribution in [3.63, 3.8) is 0 Å². The zero-order valence-corrected chi connectivity index (χ0v) is 17.5. The Morgan fingerprint density at radius 2 is 2.23 bits per heavy atom. The van der Waals surface area contributed by atoms with Gasteiger partial charge in [-0.1, -0.05) is 29.0 Å². The van der Waals surface area contributed by atoms with E-state index in [1.54, 1.807) is 4.68 Å². The second-order valence-corrected chi connectivity index (χ2v) is 9.10. The number of carbonyl (C=O) groups is 1. The molecule has 30 heavy (non-hydrogen) atoms. The number of aromatic nitrogens is 3. The summed E-state index contributed by atoms with van der Waals surface area (Å²) in [6, 6.07) is 7.56. The number of rotatable bonds is 3. The minimum absolute atomic E-state index is 0.00172. The zero-order valence-electron chi connectivity index (χ0n) is 17.5. The molecule has 2 N–H and O–H groups in total. The Kier molecular flexibility index (Phi) is 4.65. The molecule has 1 aromatic heterocycles. The second kappa shape index (κ2) is 7.23. The summed E-state index contributed by atoms with van der Waals surface area (Å²) in [7, 11) is 0. The summed E-state index contributed by atoms with van der Waals surface area (Å²) >= 11 is 0. The van der Waals surface area contributed by atoms with Gasteiger partial charge in [0, 0.05) is 17.2 Å². The van der Waals surface area contributed by atoms with E-state index in [2.05, 4.69) is 30.2 Å². The quantitative estimate of drug-likeness (QED) is 0.362. The summed E-state index contributed by atoms with van der Waals surface area (Å²) < 4.78 is 13.7. The predicted molar refractivity (Wildman–Crippen MR) is 112 cm³/mol. The van der Waals surface area contributed by atoms with E-state index in [-0.39, 0.29) is 35.6 Å². The Morgan fingerprint density at radius 3 is 3.07 bits per heavy atom. The van der Waals surface area contributed by atoms with Gasteiger partial charge in [0.25, 0.3) is 0 Å². The predicted octanol–water partition coefficient (Wildman–Crippen LogP) is 3.36. The molecular formula is C23H28N4O3. The smallest absolute Gasteiger partial charge is 0.311 e. The number of fused-ring (bicyclic) bond motifs is 3. The number of nitrogens with zero attached hydrogens (tertiary/aromatic N) is 3. The average molecular weight is 409 g/mol.